The molecule has 2 aliphatic rings. The predicted molar refractivity (Wildman–Crippen MR) is 118 cm³/mol. The van der Waals surface area contributed by atoms with E-state index in [1.54, 1.807) is 19.1 Å². The van der Waals surface area contributed by atoms with Gasteiger partial charge in [0.2, 0.25) is 0 Å². The predicted octanol–water partition coefficient (Wildman–Crippen LogP) is 0.516. The minimum absolute atomic E-state index is 0.0684. The Morgan fingerprint density at radius 3 is 2.78 bits per heavy atom. The topological polar surface area (TPSA) is 184 Å². The Morgan fingerprint density at radius 2 is 2.19 bits per heavy atom. The number of hydrogen-bond donors (Lipinski definition) is 4. The van der Waals surface area contributed by atoms with Crippen LogP contribution in [0.3, 0.4) is 0 Å². The molecular weight excluding hydrogens is 478 g/mol. The minimum atomic E-state index is -1.25. The number of rotatable bonds is 6. The number of nitrogens with one attached hydrogen (secondary N) is 1. The van der Waals surface area contributed by atoms with E-state index in [0.29, 0.717) is 11.3 Å². The van der Waals surface area contributed by atoms with Gasteiger partial charge in [-0.15, -0.1) is 28.2 Å². The van der Waals surface area contributed by atoms with Crippen molar-refractivity contribution in [2.75, 3.05) is 11.5 Å². The summed E-state index contributed by atoms with van der Waals surface area (Å²) in [5.74, 6) is -2.34. The van der Waals surface area contributed by atoms with Gasteiger partial charge in [0.05, 0.1) is 10.6 Å². The molecule has 32 heavy (non-hydrogen) atoms. The molecule has 2 aromatic heterocycles. The number of allylic oxidation sites excluding steroid dienone is 1. The third-order valence-electron chi connectivity index (χ3n) is 4.69. The smallest absolute Gasteiger partial charge is 0.352 e. The van der Waals surface area contributed by atoms with E-state index in [4.69, 9.17) is 5.73 Å². The summed E-state index contributed by atoms with van der Waals surface area (Å²) in [6.07, 6.45) is 3.35. The fourth-order valence-electron chi connectivity index (χ4n) is 3.16. The van der Waals surface area contributed by atoms with E-state index in [-0.39, 0.29) is 16.5 Å². The molecule has 15 heteroatoms. The number of anilines is 1. The molecule has 0 saturated carbocycles. The Labute approximate surface area is 192 Å². The average Bonchev–Trinajstić information content (AvgIpc) is 3.37. The van der Waals surface area contributed by atoms with Crippen LogP contribution in [0.2, 0.25) is 0 Å². The molecule has 0 radical (unpaired) electrons. The number of β-lactam (4-membered cyclic amide) rings is 1. The van der Waals surface area contributed by atoms with E-state index in [1.807, 2.05) is 0 Å². The molecule has 4 rings (SSSR count). The van der Waals surface area contributed by atoms with Crippen LogP contribution in [0.4, 0.5) is 5.13 Å². The second kappa shape index (κ2) is 8.68. The van der Waals surface area contributed by atoms with Crippen LogP contribution in [0.1, 0.15) is 16.3 Å². The van der Waals surface area contributed by atoms with Crippen molar-refractivity contribution in [3.05, 3.63) is 39.0 Å². The van der Waals surface area contributed by atoms with E-state index in [2.05, 4.69) is 25.0 Å². The molecule has 1 fully saturated rings. The summed E-state index contributed by atoms with van der Waals surface area (Å²) in [6.45, 7) is 1.79. The summed E-state index contributed by atoms with van der Waals surface area (Å²) < 4.78 is 3.83. The van der Waals surface area contributed by atoms with Crippen molar-refractivity contribution in [1.29, 1.82) is 0 Å². The molecule has 2 aromatic rings. The number of carboxylic acids is 1. The van der Waals surface area contributed by atoms with Gasteiger partial charge >= 0.3 is 5.97 Å². The van der Waals surface area contributed by atoms with Crippen LogP contribution in [0.5, 0.6) is 0 Å². The summed E-state index contributed by atoms with van der Waals surface area (Å²) in [5, 5.41) is 29.3. The van der Waals surface area contributed by atoms with E-state index in [9.17, 15) is 24.7 Å². The van der Waals surface area contributed by atoms with Gasteiger partial charge in [-0.25, -0.2) is 9.78 Å². The molecule has 5 N–H and O–H groups in total. The molecule has 4 heterocycles. The Bertz CT molecular complexity index is 1200. The van der Waals surface area contributed by atoms with Crippen molar-refractivity contribution in [3.63, 3.8) is 0 Å². The molecule has 0 spiro atoms. The number of nitrogens with zero attached hydrogens (tertiary/aromatic N) is 5. The van der Waals surface area contributed by atoms with E-state index in [1.165, 1.54) is 28.7 Å². The number of aryl methyl sites for hydroxylation is 1. The molecule has 1 unspecified atom stereocenters. The van der Waals surface area contributed by atoms with Crippen LogP contribution >= 0.6 is 34.6 Å². The molecule has 2 atom stereocenters. The zero-order valence-corrected chi connectivity index (χ0v) is 18.7. The first-order valence-electron chi connectivity index (χ1n) is 8.94. The van der Waals surface area contributed by atoms with Crippen LogP contribution in [0, 0.1) is 6.92 Å². The summed E-state index contributed by atoms with van der Waals surface area (Å²) >= 11 is 3.55. The number of carboxylic acid groups (broad SMARTS) is 1. The van der Waals surface area contributed by atoms with Gasteiger partial charge in [-0.3, -0.25) is 14.5 Å². The number of aliphatic carboxylic acids is 1. The van der Waals surface area contributed by atoms with Crippen molar-refractivity contribution in [1.82, 2.24) is 24.8 Å². The molecule has 166 valence electrons. The van der Waals surface area contributed by atoms with Crippen molar-refractivity contribution in [3.8, 4) is 0 Å². The second-order valence-electron chi connectivity index (χ2n) is 6.62. The molecular formula is C17H15N7O5S3. The average molecular weight is 494 g/mol. The highest BCUT2D eigenvalue weighted by Crippen LogP contribution is 2.41. The lowest BCUT2D eigenvalue weighted by Gasteiger charge is -2.49. The number of carbonyl (C=O) groups excluding carboxylic acids is 2. The van der Waals surface area contributed by atoms with Gasteiger partial charge in [0.15, 0.2) is 10.8 Å². The quantitative estimate of drug-likeness (QED) is 0.191. The molecule has 0 aliphatic carbocycles. The maximum Gasteiger partial charge on any atom is 0.352 e. The number of carbonyl (C=O) groups is 3. The third-order valence-corrected chi connectivity index (χ3v) is 7.46. The molecule has 0 aromatic carbocycles. The number of fused-ring (bicyclic) bond motifs is 1. The standard InChI is InChI=1S/C17H15N7O5S3/c1-6-9(32-23-21-6)3-2-7-4-30-15-11(14(26)24(15)12(7)16(27)28)20-13(25)10(22-29)8-5-31-17(18)19-8/h2-3,5,11,15,29H,4H2,1H3,(H2,18,19)(H,20,25)(H,27,28)/b3-2-,22-10+/t11?,15-/m1/s1. The Balaban J connectivity index is 1.53. The number of thioether (sulfide) groups is 1. The highest BCUT2D eigenvalue weighted by molar-refractivity contribution is 8.00. The number of nitrogens with two attached hydrogens (primary N) is 1. The largest absolute Gasteiger partial charge is 0.477 e. The molecule has 1 saturated heterocycles. The lowest BCUT2D eigenvalue weighted by molar-refractivity contribution is -0.150. The van der Waals surface area contributed by atoms with Crippen LogP contribution in [0.25, 0.3) is 6.08 Å². The normalized spacial score (nSPS) is 21.0. The second-order valence-corrected chi connectivity index (χ2v) is 9.40. The van der Waals surface area contributed by atoms with E-state index >= 15 is 0 Å². The fraction of sp³-hybridized carbons (Fsp3) is 0.235. The van der Waals surface area contributed by atoms with Crippen molar-refractivity contribution < 1.29 is 24.7 Å². The zero-order chi connectivity index (χ0) is 23.0. The van der Waals surface area contributed by atoms with Crippen molar-refractivity contribution in [2.45, 2.75) is 18.3 Å². The third kappa shape index (κ3) is 3.85. The zero-order valence-electron chi connectivity index (χ0n) is 16.3. The highest BCUT2D eigenvalue weighted by Gasteiger charge is 2.54. The van der Waals surface area contributed by atoms with Crippen LogP contribution in [-0.2, 0) is 14.4 Å². The van der Waals surface area contributed by atoms with Crippen molar-refractivity contribution in [2.24, 2.45) is 5.16 Å². The van der Waals surface area contributed by atoms with Crippen LogP contribution in [-0.4, -0.2) is 70.4 Å². The summed E-state index contributed by atoms with van der Waals surface area (Å²) in [7, 11) is 0. The Morgan fingerprint density at radius 1 is 1.41 bits per heavy atom. The van der Waals surface area contributed by atoms with Gasteiger partial charge < -0.3 is 21.4 Å². The van der Waals surface area contributed by atoms with Gasteiger partial charge in [0, 0.05) is 11.1 Å². The van der Waals surface area contributed by atoms with E-state index in [0.717, 1.165) is 26.8 Å². The maximum absolute atomic E-state index is 12.8. The van der Waals surface area contributed by atoms with Crippen LogP contribution in [0.15, 0.2) is 27.9 Å². The summed E-state index contributed by atoms with van der Waals surface area (Å²) in [4.78, 5) is 43.0. The van der Waals surface area contributed by atoms with Crippen molar-refractivity contribution >= 4 is 69.3 Å². The first-order valence-corrected chi connectivity index (χ1v) is 11.6. The number of nitrogen functional groups attached to an aromatic ring is 1. The number of hydrogen-bond acceptors (Lipinski definition) is 12. The van der Waals surface area contributed by atoms with Gasteiger partial charge in [-0.05, 0) is 30.1 Å². The Kier molecular flexibility index (Phi) is 5.94. The number of amides is 2. The SMILES string of the molecule is Cc1nnsc1/C=C\C1=C(C(=O)O)N2C(=O)C(NC(=O)/C(=N/O)c3csc(N)n3)[C@H]2SC1. The minimum Gasteiger partial charge on any atom is -0.477 e. The van der Waals surface area contributed by atoms with Gasteiger partial charge in [-0.2, -0.15) is 0 Å². The molecule has 12 nitrogen and oxygen atoms in total. The first-order chi connectivity index (χ1) is 15.3. The monoisotopic (exact) mass is 493 g/mol. The molecule has 2 amide bonds. The highest BCUT2D eigenvalue weighted by atomic mass is 32.2. The van der Waals surface area contributed by atoms with Crippen LogP contribution < -0.4 is 11.1 Å². The summed E-state index contributed by atoms with van der Waals surface area (Å²) in [5.41, 5.74) is 6.26. The lowest BCUT2D eigenvalue weighted by Crippen LogP contribution is -2.71. The molecule has 0 bridgehead atoms. The van der Waals surface area contributed by atoms with E-state index < -0.39 is 34.9 Å². The lowest BCUT2D eigenvalue weighted by atomic mass is 10.0. The van der Waals surface area contributed by atoms with Gasteiger partial charge in [-0.1, -0.05) is 15.7 Å². The number of aromatic nitrogens is 3. The summed E-state index contributed by atoms with van der Waals surface area (Å²) in [6, 6.07) is -0.979. The Hall–Kier alpha value is -3.30. The maximum atomic E-state index is 12.8. The fourth-order valence-corrected chi connectivity index (χ4v) is 5.58. The number of oxime groups is 1. The van der Waals surface area contributed by atoms with Gasteiger partial charge in [0.25, 0.3) is 11.8 Å². The molecule has 2 aliphatic heterocycles. The first kappa shape index (κ1) is 21.9. The number of thiazole rings is 1. The van der Waals surface area contributed by atoms with Gasteiger partial charge in [0.1, 0.15) is 22.8 Å².